The normalized spacial score (nSPS) is 22.6. The van der Waals surface area contributed by atoms with E-state index < -0.39 is 41.0 Å². The first-order valence-corrected chi connectivity index (χ1v) is 9.79. The number of ether oxygens (including phenoxy) is 3. The molecule has 0 N–H and O–H groups in total. The lowest BCUT2D eigenvalue weighted by molar-refractivity contribution is -0.528. The zero-order valence-corrected chi connectivity index (χ0v) is 17.5. The van der Waals surface area contributed by atoms with E-state index in [1.807, 2.05) is 0 Å². The number of esters is 1. The Morgan fingerprint density at radius 3 is 2.19 bits per heavy atom. The highest BCUT2D eigenvalue weighted by Crippen LogP contribution is 2.47. The second kappa shape index (κ2) is 9.46. The van der Waals surface area contributed by atoms with Crippen LogP contribution in [0.3, 0.4) is 0 Å². The third-order valence-electron chi connectivity index (χ3n) is 5.43. The molecule has 0 saturated carbocycles. The van der Waals surface area contributed by atoms with E-state index in [1.54, 1.807) is 61.5 Å². The third-order valence-corrected chi connectivity index (χ3v) is 5.43. The molecule has 0 aromatic heterocycles. The maximum absolute atomic E-state index is 13.0. The number of hydrogen-bond acceptors (Lipinski definition) is 7. The zero-order chi connectivity index (χ0) is 22.5. The Kier molecular flexibility index (Phi) is 6.74. The number of nitro groups is 1. The second-order valence-corrected chi connectivity index (χ2v) is 7.00. The van der Waals surface area contributed by atoms with E-state index >= 15 is 0 Å². The molecule has 0 spiro atoms. The van der Waals surface area contributed by atoms with Crippen molar-refractivity contribution >= 4 is 12.1 Å². The van der Waals surface area contributed by atoms with Crippen LogP contribution < -0.4 is 4.74 Å². The van der Waals surface area contributed by atoms with Crippen molar-refractivity contribution in [2.24, 2.45) is 0 Å². The molecule has 1 aliphatic rings. The van der Waals surface area contributed by atoms with Gasteiger partial charge in [-0.05, 0) is 30.2 Å². The highest BCUT2D eigenvalue weighted by molar-refractivity contribution is 5.84. The standard InChI is InChI=1S/C22H24N2O7/c1-4-31-21(25)20-17(14-10-12-16(29-2)13-11-14)19(24(27)28)18(23(20)22(26)30-3)15-8-6-5-7-9-15/h5-13,17-20H,4H2,1-3H3/t17-,18-,19+,20-/m0/s1. The summed E-state index contributed by atoms with van der Waals surface area (Å²) in [5, 5.41) is 12.3. The lowest BCUT2D eigenvalue weighted by atomic mass is 9.85. The molecule has 31 heavy (non-hydrogen) atoms. The molecular weight excluding hydrogens is 404 g/mol. The number of methoxy groups -OCH3 is 2. The van der Waals surface area contributed by atoms with E-state index in [4.69, 9.17) is 14.2 Å². The largest absolute Gasteiger partial charge is 0.497 e. The van der Waals surface area contributed by atoms with Crippen molar-refractivity contribution in [3.8, 4) is 5.75 Å². The molecule has 4 atom stereocenters. The van der Waals surface area contributed by atoms with Crippen LogP contribution in [0.25, 0.3) is 0 Å². The molecule has 0 bridgehead atoms. The maximum atomic E-state index is 13.0. The van der Waals surface area contributed by atoms with Crippen molar-refractivity contribution in [1.29, 1.82) is 0 Å². The van der Waals surface area contributed by atoms with Crippen LogP contribution >= 0.6 is 0 Å². The zero-order valence-electron chi connectivity index (χ0n) is 17.5. The van der Waals surface area contributed by atoms with Crippen LogP contribution in [0.4, 0.5) is 4.79 Å². The van der Waals surface area contributed by atoms with E-state index in [-0.39, 0.29) is 6.61 Å². The summed E-state index contributed by atoms with van der Waals surface area (Å²) < 4.78 is 15.3. The van der Waals surface area contributed by atoms with Crippen molar-refractivity contribution in [3.05, 3.63) is 75.8 Å². The van der Waals surface area contributed by atoms with Gasteiger partial charge in [0.25, 0.3) is 0 Å². The predicted octanol–water partition coefficient (Wildman–Crippen LogP) is 3.18. The van der Waals surface area contributed by atoms with Gasteiger partial charge < -0.3 is 14.2 Å². The van der Waals surface area contributed by atoms with Crippen molar-refractivity contribution in [2.75, 3.05) is 20.8 Å². The Labute approximate surface area is 179 Å². The fraction of sp³-hybridized carbons (Fsp3) is 0.364. The Bertz CT molecular complexity index is 933. The van der Waals surface area contributed by atoms with Crippen LogP contribution in [-0.4, -0.2) is 54.8 Å². The van der Waals surface area contributed by atoms with Gasteiger partial charge in [0, 0.05) is 4.92 Å². The molecular formula is C22H24N2O7. The maximum Gasteiger partial charge on any atom is 0.411 e. The minimum atomic E-state index is -1.30. The van der Waals surface area contributed by atoms with E-state index in [0.29, 0.717) is 16.9 Å². The van der Waals surface area contributed by atoms with Crippen LogP contribution in [0.15, 0.2) is 54.6 Å². The minimum absolute atomic E-state index is 0.0683. The molecule has 3 rings (SSSR count). The topological polar surface area (TPSA) is 108 Å². The fourth-order valence-electron chi connectivity index (χ4n) is 4.17. The summed E-state index contributed by atoms with van der Waals surface area (Å²) in [6.07, 6.45) is -0.838. The van der Waals surface area contributed by atoms with Crippen LogP contribution in [0.5, 0.6) is 5.75 Å². The van der Waals surface area contributed by atoms with Gasteiger partial charge in [0.1, 0.15) is 17.8 Å². The fourth-order valence-corrected chi connectivity index (χ4v) is 4.17. The van der Waals surface area contributed by atoms with E-state index in [1.165, 1.54) is 14.2 Å². The molecule has 9 heteroatoms. The molecule has 164 valence electrons. The van der Waals surface area contributed by atoms with E-state index in [2.05, 4.69) is 0 Å². The number of carbonyl (C=O) groups is 2. The summed E-state index contributed by atoms with van der Waals surface area (Å²) in [6.45, 7) is 1.70. The lowest BCUT2D eigenvalue weighted by Gasteiger charge is -2.28. The Balaban J connectivity index is 2.23. The van der Waals surface area contributed by atoms with Gasteiger partial charge in [-0.15, -0.1) is 0 Å². The Morgan fingerprint density at radius 2 is 1.68 bits per heavy atom. The van der Waals surface area contributed by atoms with E-state index in [0.717, 1.165) is 4.90 Å². The van der Waals surface area contributed by atoms with Crippen molar-refractivity contribution < 1.29 is 28.7 Å². The average Bonchev–Trinajstić information content (AvgIpc) is 3.16. The molecule has 1 fully saturated rings. The van der Waals surface area contributed by atoms with Crippen molar-refractivity contribution in [3.63, 3.8) is 0 Å². The molecule has 1 saturated heterocycles. The number of rotatable bonds is 6. The van der Waals surface area contributed by atoms with Crippen molar-refractivity contribution in [2.45, 2.75) is 31.0 Å². The highest BCUT2D eigenvalue weighted by Gasteiger charge is 2.62. The SMILES string of the molecule is CCOC(=O)[C@@H]1[C@@H](c2ccc(OC)cc2)[C@@H]([N+](=O)[O-])[C@H](c2ccccc2)N1C(=O)OC. The first-order valence-electron chi connectivity index (χ1n) is 9.79. The quantitative estimate of drug-likeness (QED) is 0.395. The van der Waals surface area contributed by atoms with Gasteiger partial charge >= 0.3 is 12.1 Å². The molecule has 2 aromatic rings. The Morgan fingerprint density at radius 1 is 1.03 bits per heavy atom. The Hall–Kier alpha value is -3.62. The van der Waals surface area contributed by atoms with Crippen LogP contribution in [0.2, 0.25) is 0 Å². The summed E-state index contributed by atoms with van der Waals surface area (Å²) >= 11 is 0. The smallest absolute Gasteiger partial charge is 0.411 e. The number of amides is 1. The summed E-state index contributed by atoms with van der Waals surface area (Å²) in [6, 6.07) is 11.7. The molecule has 0 radical (unpaired) electrons. The summed E-state index contributed by atoms with van der Waals surface area (Å²) in [5.74, 6) is -1.11. The van der Waals surface area contributed by atoms with Gasteiger partial charge in [-0.1, -0.05) is 42.5 Å². The molecule has 1 heterocycles. The number of nitrogens with zero attached hydrogens (tertiary/aromatic N) is 2. The molecule has 0 aliphatic carbocycles. The first kappa shape index (κ1) is 22.1. The number of likely N-dealkylation sites (tertiary alicyclic amines) is 1. The average molecular weight is 428 g/mol. The molecule has 1 aliphatic heterocycles. The summed E-state index contributed by atoms with van der Waals surface area (Å²) in [4.78, 5) is 38.8. The second-order valence-electron chi connectivity index (χ2n) is 7.00. The third kappa shape index (κ3) is 4.16. The van der Waals surface area contributed by atoms with Gasteiger partial charge in [-0.2, -0.15) is 0 Å². The summed E-state index contributed by atoms with van der Waals surface area (Å²) in [7, 11) is 2.69. The lowest BCUT2D eigenvalue weighted by Crippen LogP contribution is -2.44. The van der Waals surface area contributed by atoms with Crippen LogP contribution in [0, 0.1) is 10.1 Å². The molecule has 2 aromatic carbocycles. The number of hydrogen-bond donors (Lipinski definition) is 0. The molecule has 0 unspecified atom stereocenters. The monoisotopic (exact) mass is 428 g/mol. The number of benzene rings is 2. The van der Waals surface area contributed by atoms with Gasteiger partial charge in [0.05, 0.1) is 26.7 Å². The molecule has 1 amide bonds. The van der Waals surface area contributed by atoms with Crippen LogP contribution in [0.1, 0.15) is 30.0 Å². The van der Waals surface area contributed by atoms with E-state index in [9.17, 15) is 19.7 Å². The minimum Gasteiger partial charge on any atom is -0.497 e. The molecule has 9 nitrogen and oxygen atoms in total. The highest BCUT2D eigenvalue weighted by atomic mass is 16.6. The van der Waals surface area contributed by atoms with Crippen molar-refractivity contribution in [1.82, 2.24) is 4.90 Å². The van der Waals surface area contributed by atoms with Gasteiger partial charge in [-0.3, -0.25) is 15.0 Å². The number of carbonyl (C=O) groups excluding carboxylic acids is 2. The summed E-state index contributed by atoms with van der Waals surface area (Å²) in [5.41, 5.74) is 1.05. The van der Waals surface area contributed by atoms with Gasteiger partial charge in [-0.25, -0.2) is 9.59 Å². The first-order chi connectivity index (χ1) is 14.9. The van der Waals surface area contributed by atoms with Gasteiger partial charge in [0.2, 0.25) is 6.04 Å². The van der Waals surface area contributed by atoms with Gasteiger partial charge in [0.15, 0.2) is 0 Å². The van der Waals surface area contributed by atoms with Crippen LogP contribution in [-0.2, 0) is 14.3 Å². The predicted molar refractivity (Wildman–Crippen MR) is 110 cm³/mol.